The maximum absolute atomic E-state index is 12.4. The fraction of sp³-hybridized carbons (Fsp3) is 0.615. The lowest BCUT2D eigenvalue weighted by Gasteiger charge is -2.31. The fourth-order valence-electron chi connectivity index (χ4n) is 2.34. The molecular weight excluding hydrogens is 276 g/mol. The van der Waals surface area contributed by atoms with Crippen molar-refractivity contribution in [3.63, 3.8) is 0 Å². The highest BCUT2D eigenvalue weighted by Crippen LogP contribution is 2.21. The molecule has 110 valence electrons. The summed E-state index contributed by atoms with van der Waals surface area (Å²) in [7, 11) is 1.62. The van der Waals surface area contributed by atoms with Crippen LogP contribution in [0.4, 0.5) is 0 Å². The highest BCUT2D eigenvalue weighted by molar-refractivity contribution is 7.09. The first-order valence-corrected chi connectivity index (χ1v) is 7.62. The van der Waals surface area contributed by atoms with Gasteiger partial charge in [0.25, 0.3) is 5.91 Å². The predicted molar refractivity (Wildman–Crippen MR) is 77.4 cm³/mol. The van der Waals surface area contributed by atoms with E-state index in [-0.39, 0.29) is 23.8 Å². The maximum Gasteiger partial charge on any atom is 0.273 e. The molecule has 2 amide bonds. The molecule has 1 aromatic rings. The Balaban J connectivity index is 2.06. The quantitative estimate of drug-likeness (QED) is 0.862. The first kappa shape index (κ1) is 14.9. The van der Waals surface area contributed by atoms with Crippen molar-refractivity contribution in [2.45, 2.75) is 25.8 Å². The van der Waals surface area contributed by atoms with Crippen LogP contribution in [0.25, 0.3) is 0 Å². The van der Waals surface area contributed by atoms with Crippen LogP contribution in [0.3, 0.4) is 0 Å². The van der Waals surface area contributed by atoms with Crippen molar-refractivity contribution in [1.82, 2.24) is 15.2 Å². The average molecular weight is 296 g/mol. The second-order valence-corrected chi connectivity index (χ2v) is 5.95. The summed E-state index contributed by atoms with van der Waals surface area (Å²) in [6, 6.07) is -0.165. The van der Waals surface area contributed by atoms with Gasteiger partial charge in [-0.05, 0) is 19.8 Å². The molecule has 1 aliphatic rings. The van der Waals surface area contributed by atoms with Crippen LogP contribution in [-0.4, -0.2) is 41.8 Å². The Bertz CT molecular complexity index is 500. The van der Waals surface area contributed by atoms with Gasteiger partial charge in [0.1, 0.15) is 10.7 Å². The molecule has 2 unspecified atom stereocenters. The van der Waals surface area contributed by atoms with E-state index in [1.54, 1.807) is 17.3 Å². The zero-order valence-corrected chi connectivity index (χ0v) is 12.6. The summed E-state index contributed by atoms with van der Waals surface area (Å²) in [5.74, 6) is -0.233. The van der Waals surface area contributed by atoms with Gasteiger partial charge in [0, 0.05) is 25.5 Å². The lowest BCUT2D eigenvalue weighted by Crippen LogP contribution is -2.44. The number of nitrogens with two attached hydrogens (primary N) is 1. The number of aromatic nitrogens is 1. The van der Waals surface area contributed by atoms with E-state index in [1.807, 2.05) is 6.92 Å². The Morgan fingerprint density at radius 1 is 1.60 bits per heavy atom. The number of likely N-dealkylation sites (tertiary alicyclic amines) is 1. The Morgan fingerprint density at radius 3 is 2.95 bits per heavy atom. The molecule has 7 heteroatoms. The van der Waals surface area contributed by atoms with Gasteiger partial charge in [0.05, 0.1) is 12.0 Å². The van der Waals surface area contributed by atoms with Crippen molar-refractivity contribution in [3.05, 3.63) is 16.1 Å². The molecule has 20 heavy (non-hydrogen) atoms. The smallest absolute Gasteiger partial charge is 0.273 e. The highest BCUT2D eigenvalue weighted by Gasteiger charge is 2.29. The van der Waals surface area contributed by atoms with Crippen LogP contribution in [0.15, 0.2) is 5.38 Å². The minimum atomic E-state index is -0.165. The topological polar surface area (TPSA) is 88.3 Å². The summed E-state index contributed by atoms with van der Waals surface area (Å²) < 4.78 is 0. The molecule has 2 atom stereocenters. The van der Waals surface area contributed by atoms with Crippen molar-refractivity contribution in [2.24, 2.45) is 11.7 Å². The lowest BCUT2D eigenvalue weighted by atomic mass is 9.97. The van der Waals surface area contributed by atoms with Crippen molar-refractivity contribution in [3.8, 4) is 0 Å². The molecule has 0 spiro atoms. The molecule has 0 radical (unpaired) electrons. The van der Waals surface area contributed by atoms with Gasteiger partial charge in [0.2, 0.25) is 5.91 Å². The molecule has 1 aliphatic heterocycles. The van der Waals surface area contributed by atoms with Gasteiger partial charge < -0.3 is 16.0 Å². The minimum Gasteiger partial charge on any atom is -0.359 e. The summed E-state index contributed by atoms with van der Waals surface area (Å²) in [6.07, 6.45) is 1.67. The Labute approximate surface area is 122 Å². The molecular formula is C13H20N4O2S. The third-order valence-electron chi connectivity index (χ3n) is 3.46. The molecule has 0 saturated carbocycles. The molecule has 1 aromatic heterocycles. The summed E-state index contributed by atoms with van der Waals surface area (Å²) in [5.41, 5.74) is 6.19. The maximum atomic E-state index is 12.4. The van der Waals surface area contributed by atoms with Crippen LogP contribution < -0.4 is 11.1 Å². The first-order chi connectivity index (χ1) is 9.52. The van der Waals surface area contributed by atoms with Gasteiger partial charge in [-0.1, -0.05) is 0 Å². The van der Waals surface area contributed by atoms with E-state index in [0.717, 1.165) is 17.8 Å². The van der Waals surface area contributed by atoms with Crippen LogP contribution in [0.5, 0.6) is 0 Å². The van der Waals surface area contributed by atoms with Crippen LogP contribution in [-0.2, 0) is 4.79 Å². The van der Waals surface area contributed by atoms with E-state index in [2.05, 4.69) is 10.3 Å². The second kappa shape index (κ2) is 6.32. The highest BCUT2D eigenvalue weighted by atomic mass is 32.1. The minimum absolute atomic E-state index is 0.00273. The third-order valence-corrected chi connectivity index (χ3v) is 4.50. The van der Waals surface area contributed by atoms with E-state index in [1.165, 1.54) is 11.3 Å². The van der Waals surface area contributed by atoms with Crippen LogP contribution in [0.2, 0.25) is 0 Å². The Hall–Kier alpha value is -1.47. The molecule has 0 bridgehead atoms. The lowest BCUT2D eigenvalue weighted by molar-refractivity contribution is -0.125. The zero-order chi connectivity index (χ0) is 14.7. The van der Waals surface area contributed by atoms with E-state index in [4.69, 9.17) is 5.73 Å². The standard InChI is InChI=1S/C13H20N4O2S/c1-8(14)12-16-10(7-20-12)13(19)17-5-3-4-9(6-17)11(18)15-2/h7-9H,3-6,14H2,1-2H3,(H,15,18). The number of thiazole rings is 1. The second-order valence-electron chi connectivity index (χ2n) is 5.06. The van der Waals surface area contributed by atoms with Gasteiger partial charge in [0.15, 0.2) is 0 Å². The number of nitrogens with one attached hydrogen (secondary N) is 1. The molecule has 2 heterocycles. The molecule has 2 rings (SSSR count). The first-order valence-electron chi connectivity index (χ1n) is 6.74. The van der Waals surface area contributed by atoms with Crippen molar-refractivity contribution in [2.75, 3.05) is 20.1 Å². The number of carbonyl (C=O) groups is 2. The number of piperidine rings is 1. The summed E-state index contributed by atoms with van der Waals surface area (Å²) >= 11 is 1.40. The van der Waals surface area contributed by atoms with Gasteiger partial charge >= 0.3 is 0 Å². The van der Waals surface area contributed by atoms with Crippen molar-refractivity contribution < 1.29 is 9.59 Å². The van der Waals surface area contributed by atoms with Crippen LogP contribution in [0, 0.1) is 5.92 Å². The van der Waals surface area contributed by atoms with E-state index >= 15 is 0 Å². The van der Waals surface area contributed by atoms with Crippen molar-refractivity contribution in [1.29, 1.82) is 0 Å². The number of amides is 2. The molecule has 0 aliphatic carbocycles. The number of hydrogen-bond donors (Lipinski definition) is 2. The van der Waals surface area contributed by atoms with Gasteiger partial charge in [-0.25, -0.2) is 4.98 Å². The molecule has 0 aromatic carbocycles. The summed E-state index contributed by atoms with van der Waals surface area (Å²) in [4.78, 5) is 30.1. The molecule has 6 nitrogen and oxygen atoms in total. The SMILES string of the molecule is CNC(=O)C1CCCN(C(=O)c2csc(C(C)N)n2)C1. The van der Waals surface area contributed by atoms with E-state index in [0.29, 0.717) is 18.8 Å². The number of nitrogens with zero attached hydrogens (tertiary/aromatic N) is 2. The van der Waals surface area contributed by atoms with Gasteiger partial charge in [-0.3, -0.25) is 9.59 Å². The molecule has 3 N–H and O–H groups in total. The Morgan fingerprint density at radius 2 is 2.35 bits per heavy atom. The number of hydrogen-bond acceptors (Lipinski definition) is 5. The fourth-order valence-corrected chi connectivity index (χ4v) is 3.09. The summed E-state index contributed by atoms with van der Waals surface area (Å²) in [5, 5.41) is 5.14. The number of rotatable bonds is 3. The Kier molecular flexibility index (Phi) is 4.72. The largest absolute Gasteiger partial charge is 0.359 e. The predicted octanol–water partition coefficient (Wildman–Crippen LogP) is 0.761. The molecule has 1 fully saturated rings. The third kappa shape index (κ3) is 3.16. The normalized spacial score (nSPS) is 20.6. The number of carbonyl (C=O) groups excluding carboxylic acids is 2. The average Bonchev–Trinajstić information content (AvgIpc) is 2.95. The van der Waals surface area contributed by atoms with Crippen LogP contribution >= 0.6 is 11.3 Å². The molecule has 1 saturated heterocycles. The summed E-state index contributed by atoms with van der Waals surface area (Å²) in [6.45, 7) is 2.98. The van der Waals surface area contributed by atoms with Gasteiger partial charge in [-0.2, -0.15) is 0 Å². The van der Waals surface area contributed by atoms with E-state index in [9.17, 15) is 9.59 Å². The van der Waals surface area contributed by atoms with Gasteiger partial charge in [-0.15, -0.1) is 11.3 Å². The van der Waals surface area contributed by atoms with E-state index < -0.39 is 0 Å². The van der Waals surface area contributed by atoms with Crippen LogP contribution in [0.1, 0.15) is 41.3 Å². The zero-order valence-electron chi connectivity index (χ0n) is 11.8. The van der Waals surface area contributed by atoms with Crippen molar-refractivity contribution >= 4 is 23.2 Å². The monoisotopic (exact) mass is 296 g/mol.